The molecule has 0 bridgehead atoms. The Kier molecular flexibility index (Phi) is 6.18. The van der Waals surface area contributed by atoms with Crippen LogP contribution in [0.3, 0.4) is 0 Å². The van der Waals surface area contributed by atoms with Crippen molar-refractivity contribution in [3.63, 3.8) is 0 Å². The first-order valence-electron chi connectivity index (χ1n) is 8.79. The van der Waals surface area contributed by atoms with Gasteiger partial charge in [0, 0.05) is 28.6 Å². The second-order valence-corrected chi connectivity index (χ2v) is 7.54. The molecule has 1 heterocycles. The minimum Gasteiger partial charge on any atom is -0.378 e. The fourth-order valence-corrected chi connectivity index (χ4v) is 3.88. The van der Waals surface area contributed by atoms with Crippen LogP contribution in [-0.4, -0.2) is 36.2 Å². The number of carbonyl (C=O) groups is 1. The van der Waals surface area contributed by atoms with Crippen molar-refractivity contribution in [2.24, 2.45) is 0 Å². The Bertz CT molecular complexity index is 956. The highest BCUT2D eigenvalue weighted by Gasteiger charge is 2.21. The fourth-order valence-electron chi connectivity index (χ4n) is 2.95. The minimum atomic E-state index is -0.458. The summed E-state index contributed by atoms with van der Waals surface area (Å²) in [5.41, 5.74) is 1.09. The summed E-state index contributed by atoms with van der Waals surface area (Å²) in [5.74, 6) is -0.236. The average molecular weight is 395 g/mol. The Balaban J connectivity index is 1.83. The molecule has 0 aliphatic heterocycles. The van der Waals surface area contributed by atoms with E-state index in [1.54, 1.807) is 47.7 Å². The molecule has 7 heteroatoms. The van der Waals surface area contributed by atoms with Gasteiger partial charge in [-0.05, 0) is 37.7 Å². The van der Waals surface area contributed by atoms with Crippen molar-refractivity contribution < 1.29 is 9.72 Å². The molecule has 0 aliphatic carbocycles. The lowest BCUT2D eigenvalue weighted by molar-refractivity contribution is -0.384. The summed E-state index contributed by atoms with van der Waals surface area (Å²) in [4.78, 5) is 27.0. The van der Waals surface area contributed by atoms with Crippen LogP contribution in [0.5, 0.6) is 0 Å². The Hall–Kier alpha value is -3.03. The third-order valence-corrected chi connectivity index (χ3v) is 5.45. The van der Waals surface area contributed by atoms with E-state index < -0.39 is 4.92 Å². The molecule has 0 saturated heterocycles. The van der Waals surface area contributed by atoms with E-state index in [4.69, 9.17) is 0 Å². The summed E-state index contributed by atoms with van der Waals surface area (Å²) in [6, 6.07) is 17.4. The summed E-state index contributed by atoms with van der Waals surface area (Å²) in [5, 5.41) is 16.8. The Morgan fingerprint density at radius 3 is 2.46 bits per heavy atom. The molecule has 1 N–H and O–H groups in total. The van der Waals surface area contributed by atoms with Gasteiger partial charge in [0.15, 0.2) is 5.78 Å². The summed E-state index contributed by atoms with van der Waals surface area (Å²) >= 11 is 1.65. The Morgan fingerprint density at radius 1 is 1.11 bits per heavy atom. The number of carbonyl (C=O) groups excluding carboxylic acids is 1. The van der Waals surface area contributed by atoms with E-state index in [1.807, 2.05) is 37.7 Å². The molecule has 0 saturated carbocycles. The molecule has 3 rings (SSSR count). The molecular weight excluding hydrogens is 374 g/mol. The Morgan fingerprint density at radius 2 is 1.86 bits per heavy atom. The lowest BCUT2D eigenvalue weighted by Gasteiger charge is -2.24. The zero-order valence-electron chi connectivity index (χ0n) is 15.7. The van der Waals surface area contributed by atoms with Crippen LogP contribution in [-0.2, 0) is 0 Å². The van der Waals surface area contributed by atoms with Gasteiger partial charge in [-0.3, -0.25) is 14.9 Å². The zero-order valence-corrected chi connectivity index (χ0v) is 16.5. The highest BCUT2D eigenvalue weighted by Crippen LogP contribution is 2.29. The summed E-state index contributed by atoms with van der Waals surface area (Å²) in [7, 11) is 3.95. The van der Waals surface area contributed by atoms with Crippen molar-refractivity contribution in [1.29, 1.82) is 0 Å². The van der Waals surface area contributed by atoms with Crippen molar-refractivity contribution in [2.45, 2.75) is 6.04 Å². The highest BCUT2D eigenvalue weighted by atomic mass is 32.1. The van der Waals surface area contributed by atoms with Crippen LogP contribution in [0.15, 0.2) is 66.0 Å². The molecule has 0 aliphatic rings. The first-order valence-corrected chi connectivity index (χ1v) is 9.67. The molecule has 3 aromatic rings. The molecule has 0 radical (unpaired) electrons. The van der Waals surface area contributed by atoms with Crippen molar-refractivity contribution in [3.05, 3.63) is 92.2 Å². The van der Waals surface area contributed by atoms with Crippen LogP contribution in [0.25, 0.3) is 0 Å². The van der Waals surface area contributed by atoms with Gasteiger partial charge in [0.2, 0.25) is 0 Å². The number of nitrogens with one attached hydrogen (secondary N) is 1. The van der Waals surface area contributed by atoms with E-state index in [0.29, 0.717) is 23.4 Å². The number of hydrogen-bond donors (Lipinski definition) is 1. The number of nitro groups is 1. The molecular formula is C21H21N3O3S. The molecule has 1 atom stereocenters. The topological polar surface area (TPSA) is 75.5 Å². The van der Waals surface area contributed by atoms with Crippen molar-refractivity contribution in [1.82, 2.24) is 4.90 Å². The highest BCUT2D eigenvalue weighted by molar-refractivity contribution is 7.10. The normalized spacial score (nSPS) is 12.0. The molecule has 28 heavy (non-hydrogen) atoms. The van der Waals surface area contributed by atoms with Crippen molar-refractivity contribution in [3.8, 4) is 0 Å². The first kappa shape index (κ1) is 19.7. The third kappa shape index (κ3) is 4.44. The van der Waals surface area contributed by atoms with Crippen LogP contribution in [0.1, 0.15) is 26.8 Å². The third-order valence-electron chi connectivity index (χ3n) is 4.47. The number of anilines is 1. The molecule has 0 spiro atoms. The summed E-state index contributed by atoms with van der Waals surface area (Å²) in [6.45, 7) is 0.514. The molecule has 1 aromatic heterocycles. The first-order chi connectivity index (χ1) is 13.5. The predicted molar refractivity (Wildman–Crippen MR) is 112 cm³/mol. The van der Waals surface area contributed by atoms with Crippen molar-refractivity contribution >= 4 is 28.5 Å². The monoisotopic (exact) mass is 395 g/mol. The minimum absolute atomic E-state index is 0.0882. The number of likely N-dealkylation sites (N-methyl/N-ethyl adjacent to an activating group) is 1. The van der Waals surface area contributed by atoms with Gasteiger partial charge in [-0.2, -0.15) is 0 Å². The van der Waals surface area contributed by atoms with Gasteiger partial charge in [-0.25, -0.2) is 0 Å². The number of nitro benzene ring substituents is 1. The van der Waals surface area contributed by atoms with E-state index in [1.165, 1.54) is 10.9 Å². The van der Waals surface area contributed by atoms with Gasteiger partial charge in [0.25, 0.3) is 5.69 Å². The lowest BCUT2D eigenvalue weighted by Crippen LogP contribution is -2.26. The van der Waals surface area contributed by atoms with Gasteiger partial charge in [-0.15, -0.1) is 11.3 Å². The smallest absolute Gasteiger partial charge is 0.293 e. The van der Waals surface area contributed by atoms with E-state index >= 15 is 0 Å². The van der Waals surface area contributed by atoms with Gasteiger partial charge < -0.3 is 10.2 Å². The maximum atomic E-state index is 12.6. The summed E-state index contributed by atoms with van der Waals surface area (Å²) < 4.78 is 0. The average Bonchev–Trinajstić information content (AvgIpc) is 3.22. The van der Waals surface area contributed by atoms with Crippen LogP contribution in [0.4, 0.5) is 11.4 Å². The number of thiophene rings is 1. The van der Waals surface area contributed by atoms with E-state index in [0.717, 1.165) is 0 Å². The molecule has 6 nitrogen and oxygen atoms in total. The van der Waals surface area contributed by atoms with Gasteiger partial charge in [0.05, 0.1) is 11.0 Å². The summed E-state index contributed by atoms with van der Waals surface area (Å²) in [6.07, 6.45) is 0. The molecule has 0 fully saturated rings. The number of benzene rings is 2. The van der Waals surface area contributed by atoms with Crippen LogP contribution >= 0.6 is 11.3 Å². The lowest BCUT2D eigenvalue weighted by atomic mass is 10.0. The quantitative estimate of drug-likeness (QED) is 0.343. The molecule has 0 amide bonds. The molecule has 144 valence electrons. The standard InChI is InChI=1S/C21H21N3O3S/c1-23(2)19(20-9-6-12-28-20)14-22-17-11-10-16(13-18(17)24(26)27)21(25)15-7-4-3-5-8-15/h3-13,19,22H,14H2,1-2H3. The Labute approximate surface area is 167 Å². The maximum absolute atomic E-state index is 12.6. The van der Waals surface area contributed by atoms with E-state index in [2.05, 4.69) is 10.2 Å². The van der Waals surface area contributed by atoms with E-state index in [9.17, 15) is 14.9 Å². The number of rotatable bonds is 8. The van der Waals surface area contributed by atoms with Crippen LogP contribution < -0.4 is 5.32 Å². The largest absolute Gasteiger partial charge is 0.378 e. The molecule has 1 unspecified atom stereocenters. The van der Waals surface area contributed by atoms with E-state index in [-0.39, 0.29) is 17.5 Å². The second kappa shape index (κ2) is 8.77. The number of hydrogen-bond acceptors (Lipinski definition) is 6. The SMILES string of the molecule is CN(C)C(CNc1ccc(C(=O)c2ccccc2)cc1[N+](=O)[O-])c1cccs1. The van der Waals surface area contributed by atoms with Crippen LogP contribution in [0.2, 0.25) is 0 Å². The van der Waals surface area contributed by atoms with Gasteiger partial charge in [0.1, 0.15) is 5.69 Å². The van der Waals surface area contributed by atoms with Gasteiger partial charge >= 0.3 is 0 Å². The maximum Gasteiger partial charge on any atom is 0.293 e. The fraction of sp³-hybridized carbons (Fsp3) is 0.190. The van der Waals surface area contributed by atoms with Gasteiger partial charge in [-0.1, -0.05) is 36.4 Å². The zero-order chi connectivity index (χ0) is 20.1. The number of nitrogens with zero attached hydrogens (tertiary/aromatic N) is 2. The number of ketones is 1. The predicted octanol–water partition coefficient (Wildman–Crippen LogP) is 4.60. The second-order valence-electron chi connectivity index (χ2n) is 6.56. The van der Waals surface area contributed by atoms with Crippen molar-refractivity contribution in [2.75, 3.05) is 26.0 Å². The van der Waals surface area contributed by atoms with Crippen LogP contribution in [0, 0.1) is 10.1 Å². The molecule has 2 aromatic carbocycles.